The summed E-state index contributed by atoms with van der Waals surface area (Å²) in [6.07, 6.45) is 3.77. The highest BCUT2D eigenvalue weighted by molar-refractivity contribution is 5.91. The normalized spacial score (nSPS) is 30.9. The molecule has 132 valence electrons. The van der Waals surface area contributed by atoms with E-state index < -0.39 is 30.1 Å². The number of fused-ring (bicyclic) bond motifs is 1. The number of aliphatic hydroxyl groups excluding tert-OH is 1. The molecule has 24 heavy (non-hydrogen) atoms. The fourth-order valence-electron chi connectivity index (χ4n) is 3.33. The van der Waals surface area contributed by atoms with Crippen molar-refractivity contribution in [2.45, 2.75) is 51.7 Å². The molecule has 1 aliphatic heterocycles. The summed E-state index contributed by atoms with van der Waals surface area (Å²) in [5.74, 6) is -1.23. The summed E-state index contributed by atoms with van der Waals surface area (Å²) in [7, 11) is 0. The van der Waals surface area contributed by atoms with Crippen molar-refractivity contribution in [3.8, 4) is 0 Å². The Morgan fingerprint density at radius 3 is 2.88 bits per heavy atom. The average molecular weight is 334 g/mol. The van der Waals surface area contributed by atoms with Crippen molar-refractivity contribution in [3.05, 3.63) is 36.0 Å². The molecule has 1 saturated heterocycles. The van der Waals surface area contributed by atoms with Gasteiger partial charge in [0.05, 0.1) is 18.6 Å². The van der Waals surface area contributed by atoms with Gasteiger partial charge in [-0.15, -0.1) is 0 Å². The summed E-state index contributed by atoms with van der Waals surface area (Å²) in [6, 6.07) is 0. The number of aliphatic hydroxyl groups is 1. The lowest BCUT2D eigenvalue weighted by Crippen LogP contribution is -2.31. The first kappa shape index (κ1) is 18.5. The Kier molecular flexibility index (Phi) is 5.99. The monoisotopic (exact) mass is 334 g/mol. The fraction of sp³-hybridized carbons (Fsp3) is 0.579. The molecule has 1 heterocycles. The number of hydrogen-bond donors (Lipinski definition) is 1. The second-order valence-electron chi connectivity index (χ2n) is 6.87. The molecule has 0 radical (unpaired) electrons. The zero-order chi connectivity index (χ0) is 17.9. The first-order valence-electron chi connectivity index (χ1n) is 8.37. The molecule has 0 saturated carbocycles. The number of esters is 2. The van der Waals surface area contributed by atoms with Crippen LogP contribution in [-0.2, 0) is 19.1 Å². The lowest BCUT2D eigenvalue weighted by atomic mass is 9.83. The van der Waals surface area contributed by atoms with E-state index in [1.165, 1.54) is 0 Å². The molecule has 2 aliphatic rings. The molecule has 1 aliphatic carbocycles. The maximum Gasteiger partial charge on any atom is 0.334 e. The summed E-state index contributed by atoms with van der Waals surface area (Å²) < 4.78 is 10.7. The second kappa shape index (κ2) is 7.79. The minimum atomic E-state index is -0.786. The molecule has 5 heteroatoms. The largest absolute Gasteiger partial charge is 0.462 e. The van der Waals surface area contributed by atoms with Gasteiger partial charge in [0.25, 0.3) is 0 Å². The molecule has 0 spiro atoms. The Hall–Kier alpha value is -1.88. The van der Waals surface area contributed by atoms with E-state index in [-0.39, 0.29) is 12.5 Å². The zero-order valence-electron chi connectivity index (χ0n) is 14.4. The van der Waals surface area contributed by atoms with Gasteiger partial charge in [-0.25, -0.2) is 9.59 Å². The van der Waals surface area contributed by atoms with E-state index in [0.717, 1.165) is 24.8 Å². The van der Waals surface area contributed by atoms with Crippen LogP contribution in [0.2, 0.25) is 0 Å². The van der Waals surface area contributed by atoms with E-state index in [1.807, 2.05) is 6.92 Å². The Morgan fingerprint density at radius 2 is 2.21 bits per heavy atom. The van der Waals surface area contributed by atoms with Crippen molar-refractivity contribution in [2.75, 3.05) is 6.61 Å². The maximum atomic E-state index is 11.9. The van der Waals surface area contributed by atoms with E-state index in [9.17, 15) is 14.7 Å². The summed E-state index contributed by atoms with van der Waals surface area (Å²) in [5, 5.41) is 10.5. The fourth-order valence-corrected chi connectivity index (χ4v) is 3.33. The van der Waals surface area contributed by atoms with Gasteiger partial charge >= 0.3 is 11.9 Å². The highest BCUT2D eigenvalue weighted by Crippen LogP contribution is 2.36. The zero-order valence-corrected chi connectivity index (χ0v) is 14.4. The lowest BCUT2D eigenvalue weighted by molar-refractivity contribution is -0.144. The predicted octanol–water partition coefficient (Wildman–Crippen LogP) is 2.70. The summed E-state index contributed by atoms with van der Waals surface area (Å²) in [4.78, 5) is 23.5. The van der Waals surface area contributed by atoms with Gasteiger partial charge < -0.3 is 14.6 Å². The Balaban J connectivity index is 2.14. The third kappa shape index (κ3) is 4.35. The highest BCUT2D eigenvalue weighted by atomic mass is 16.6. The topological polar surface area (TPSA) is 72.8 Å². The van der Waals surface area contributed by atoms with Crippen LogP contribution in [0.5, 0.6) is 0 Å². The van der Waals surface area contributed by atoms with Crippen molar-refractivity contribution >= 4 is 11.9 Å². The van der Waals surface area contributed by atoms with E-state index in [1.54, 1.807) is 13.0 Å². The average Bonchev–Trinajstić information content (AvgIpc) is 2.78. The molecule has 0 aromatic rings. The first-order chi connectivity index (χ1) is 11.3. The van der Waals surface area contributed by atoms with Gasteiger partial charge in [0.2, 0.25) is 0 Å². The van der Waals surface area contributed by atoms with Crippen molar-refractivity contribution in [2.24, 2.45) is 11.8 Å². The van der Waals surface area contributed by atoms with Crippen LogP contribution in [0.15, 0.2) is 36.0 Å². The van der Waals surface area contributed by atoms with Crippen LogP contribution in [0.3, 0.4) is 0 Å². The van der Waals surface area contributed by atoms with Crippen LogP contribution >= 0.6 is 0 Å². The summed E-state index contributed by atoms with van der Waals surface area (Å²) in [5.41, 5.74) is 1.75. The number of allylic oxidation sites excluding steroid dienone is 1. The lowest BCUT2D eigenvalue weighted by Gasteiger charge is -2.27. The molecular weight excluding hydrogens is 308 g/mol. The molecule has 1 N–H and O–H groups in total. The highest BCUT2D eigenvalue weighted by Gasteiger charge is 2.43. The molecule has 2 rings (SSSR count). The predicted molar refractivity (Wildman–Crippen MR) is 90.0 cm³/mol. The summed E-state index contributed by atoms with van der Waals surface area (Å²) in [6.45, 7) is 11.2. The number of hydrogen-bond acceptors (Lipinski definition) is 5. The van der Waals surface area contributed by atoms with E-state index in [0.29, 0.717) is 17.6 Å². The third-order valence-corrected chi connectivity index (χ3v) is 4.69. The van der Waals surface area contributed by atoms with Gasteiger partial charge in [0.15, 0.2) is 0 Å². The number of carbonyl (C=O) groups excluding carboxylic acids is 2. The molecule has 4 unspecified atom stereocenters. The standard InChI is InChI=1S/C19H26O5/c1-11(2)18(21)23-10-14-7-5-6-12(3)8-15(20)17-13(4)19(22)24-16(17)9-14/h8,14-17,20H,1,4-7,9-10H2,2-3H3. The minimum Gasteiger partial charge on any atom is -0.462 e. The number of rotatable bonds is 3. The van der Waals surface area contributed by atoms with Crippen molar-refractivity contribution < 1.29 is 24.2 Å². The molecule has 1 fully saturated rings. The van der Waals surface area contributed by atoms with Crippen molar-refractivity contribution in [3.63, 3.8) is 0 Å². The van der Waals surface area contributed by atoms with Gasteiger partial charge in [0.1, 0.15) is 6.10 Å². The van der Waals surface area contributed by atoms with E-state index in [4.69, 9.17) is 9.47 Å². The molecular formula is C19H26O5. The molecule has 0 amide bonds. The van der Waals surface area contributed by atoms with Crippen molar-refractivity contribution in [1.82, 2.24) is 0 Å². The van der Waals surface area contributed by atoms with Crippen LogP contribution in [0.4, 0.5) is 0 Å². The van der Waals surface area contributed by atoms with Crippen LogP contribution in [0.25, 0.3) is 0 Å². The smallest absolute Gasteiger partial charge is 0.334 e. The van der Waals surface area contributed by atoms with Gasteiger partial charge in [-0.3, -0.25) is 0 Å². The number of carbonyl (C=O) groups is 2. The SMILES string of the molecule is C=C(C)C(=O)OCC1CCCC(C)=CC(O)C2C(=C)C(=O)OC2C1. The number of ether oxygens (including phenoxy) is 2. The van der Waals surface area contributed by atoms with Gasteiger partial charge in [0, 0.05) is 11.1 Å². The second-order valence-corrected chi connectivity index (χ2v) is 6.87. The van der Waals surface area contributed by atoms with Gasteiger partial charge in [-0.1, -0.05) is 24.8 Å². The van der Waals surface area contributed by atoms with E-state index in [2.05, 4.69) is 13.2 Å². The molecule has 5 nitrogen and oxygen atoms in total. The molecule has 0 aromatic carbocycles. The van der Waals surface area contributed by atoms with Crippen LogP contribution in [-0.4, -0.2) is 35.9 Å². The van der Waals surface area contributed by atoms with Crippen LogP contribution < -0.4 is 0 Å². The Bertz CT molecular complexity index is 574. The van der Waals surface area contributed by atoms with Gasteiger partial charge in [-0.2, -0.15) is 0 Å². The van der Waals surface area contributed by atoms with Gasteiger partial charge in [-0.05, 0) is 45.4 Å². The Labute approximate surface area is 143 Å². The third-order valence-electron chi connectivity index (χ3n) is 4.69. The first-order valence-corrected chi connectivity index (χ1v) is 8.37. The molecule has 0 bridgehead atoms. The molecule has 4 atom stereocenters. The van der Waals surface area contributed by atoms with Crippen molar-refractivity contribution in [1.29, 1.82) is 0 Å². The Morgan fingerprint density at radius 1 is 1.50 bits per heavy atom. The van der Waals surface area contributed by atoms with Crippen LogP contribution in [0.1, 0.15) is 39.5 Å². The molecule has 0 aromatic heterocycles. The quantitative estimate of drug-likeness (QED) is 0.488. The summed E-state index contributed by atoms with van der Waals surface area (Å²) >= 11 is 0. The maximum absolute atomic E-state index is 11.9. The van der Waals surface area contributed by atoms with E-state index >= 15 is 0 Å². The minimum absolute atomic E-state index is 0.0672. The van der Waals surface area contributed by atoms with Crippen LogP contribution in [0, 0.1) is 11.8 Å².